The molecule has 8 nitrogen and oxygen atoms in total. The molecule has 234 valence electrons. The summed E-state index contributed by atoms with van der Waals surface area (Å²) in [5.74, 6) is -2.25. The first-order chi connectivity index (χ1) is 21.0. The number of para-hydroxylation sites is 1. The minimum Gasteiger partial charge on any atom is -0.481 e. The lowest BCUT2D eigenvalue weighted by Crippen LogP contribution is -2.58. The number of ether oxygens (including phenoxy) is 1. The molecule has 1 amide bonds. The molecule has 1 aliphatic carbocycles. The molecule has 1 saturated carbocycles. The molecule has 0 bridgehead atoms. The van der Waals surface area contributed by atoms with Gasteiger partial charge in [0, 0.05) is 16.5 Å². The fraction of sp³-hybridized carbons (Fsp3) is 0.375. The van der Waals surface area contributed by atoms with Gasteiger partial charge in [-0.25, -0.2) is 12.8 Å². The Balaban J connectivity index is 1.64. The molecule has 5 rings (SSSR count). The fourth-order valence-corrected chi connectivity index (χ4v) is 7.91. The molecule has 1 unspecified atom stereocenters. The summed E-state index contributed by atoms with van der Waals surface area (Å²) in [7, 11) is -3.95. The second-order valence-electron chi connectivity index (χ2n) is 11.1. The number of nitrogens with zero attached hydrogens (tertiary/aromatic N) is 2. The van der Waals surface area contributed by atoms with Gasteiger partial charge in [0.25, 0.3) is 5.91 Å². The zero-order valence-electron chi connectivity index (χ0n) is 24.0. The molecule has 1 aliphatic heterocycles. The van der Waals surface area contributed by atoms with Gasteiger partial charge in [0.2, 0.25) is 10.0 Å². The third-order valence-electron chi connectivity index (χ3n) is 8.05. The van der Waals surface area contributed by atoms with Crippen LogP contribution < -0.4 is 4.31 Å². The van der Waals surface area contributed by atoms with Gasteiger partial charge in [0.05, 0.1) is 29.6 Å². The SMILES string of the molecule is CCC(CN(c1ccccc1F)S(=O)(=O)C1CC1)N1C(=O)[C@H](CCC(=O)O)O[C@H](c2cccc(Cl)c2)[C@H]1c1ccc(Cl)cc1. The molecule has 0 spiro atoms. The molecule has 2 fully saturated rings. The van der Waals surface area contributed by atoms with Crippen molar-refractivity contribution >= 4 is 50.8 Å². The molecule has 0 radical (unpaired) electrons. The van der Waals surface area contributed by atoms with Crippen molar-refractivity contribution in [2.75, 3.05) is 10.8 Å². The molecule has 12 heteroatoms. The van der Waals surface area contributed by atoms with Crippen LogP contribution in [-0.2, 0) is 24.3 Å². The third kappa shape index (κ3) is 6.88. The van der Waals surface area contributed by atoms with Crippen LogP contribution in [0.2, 0.25) is 10.0 Å². The van der Waals surface area contributed by atoms with Crippen LogP contribution in [0.25, 0.3) is 0 Å². The number of benzene rings is 3. The Bertz CT molecular complexity index is 1620. The van der Waals surface area contributed by atoms with Crippen LogP contribution in [0.5, 0.6) is 0 Å². The van der Waals surface area contributed by atoms with Gasteiger partial charge in [-0.15, -0.1) is 0 Å². The van der Waals surface area contributed by atoms with Gasteiger partial charge >= 0.3 is 5.97 Å². The van der Waals surface area contributed by atoms with E-state index in [0.29, 0.717) is 40.4 Å². The van der Waals surface area contributed by atoms with E-state index in [1.807, 2.05) is 13.0 Å². The molecule has 1 heterocycles. The summed E-state index contributed by atoms with van der Waals surface area (Å²) in [6.45, 7) is 1.62. The number of anilines is 1. The molecule has 4 atom stereocenters. The second kappa shape index (κ2) is 13.4. The summed E-state index contributed by atoms with van der Waals surface area (Å²) in [5, 5.41) is 9.72. The average Bonchev–Trinajstić information content (AvgIpc) is 3.85. The van der Waals surface area contributed by atoms with Gasteiger partial charge < -0.3 is 14.7 Å². The predicted octanol–water partition coefficient (Wildman–Crippen LogP) is 6.78. The Morgan fingerprint density at radius 3 is 2.36 bits per heavy atom. The molecule has 1 N–H and O–H groups in total. The Labute approximate surface area is 266 Å². The van der Waals surface area contributed by atoms with Crippen molar-refractivity contribution in [2.24, 2.45) is 0 Å². The number of sulfonamides is 1. The molecule has 2 aliphatic rings. The third-order valence-corrected chi connectivity index (χ3v) is 10.8. The van der Waals surface area contributed by atoms with Crippen LogP contribution in [0, 0.1) is 5.82 Å². The first-order valence-electron chi connectivity index (χ1n) is 14.5. The fourth-order valence-electron chi connectivity index (χ4n) is 5.70. The van der Waals surface area contributed by atoms with Gasteiger partial charge in [-0.2, -0.15) is 0 Å². The number of carbonyl (C=O) groups excluding carboxylic acids is 1. The molecule has 3 aromatic carbocycles. The van der Waals surface area contributed by atoms with Crippen molar-refractivity contribution in [1.29, 1.82) is 0 Å². The number of morpholine rings is 1. The zero-order chi connectivity index (χ0) is 31.6. The van der Waals surface area contributed by atoms with E-state index in [2.05, 4.69) is 0 Å². The van der Waals surface area contributed by atoms with Crippen LogP contribution in [0.15, 0.2) is 72.8 Å². The van der Waals surface area contributed by atoms with Gasteiger partial charge in [-0.05, 0) is 73.2 Å². The van der Waals surface area contributed by atoms with Crippen molar-refractivity contribution in [1.82, 2.24) is 4.90 Å². The summed E-state index contributed by atoms with van der Waals surface area (Å²) in [6, 6.07) is 18.1. The van der Waals surface area contributed by atoms with E-state index < -0.39 is 57.3 Å². The topological polar surface area (TPSA) is 104 Å². The van der Waals surface area contributed by atoms with Crippen molar-refractivity contribution < 1.29 is 32.2 Å². The van der Waals surface area contributed by atoms with Crippen LogP contribution in [0.1, 0.15) is 62.3 Å². The number of carbonyl (C=O) groups is 2. The lowest BCUT2D eigenvalue weighted by atomic mass is 9.89. The number of rotatable bonds is 12. The van der Waals surface area contributed by atoms with E-state index >= 15 is 4.39 Å². The van der Waals surface area contributed by atoms with Crippen molar-refractivity contribution in [2.45, 2.75) is 68.6 Å². The number of hydrogen-bond acceptors (Lipinski definition) is 5. The average molecular weight is 664 g/mol. The van der Waals surface area contributed by atoms with Crippen molar-refractivity contribution in [3.05, 3.63) is 99.8 Å². The summed E-state index contributed by atoms with van der Waals surface area (Å²) in [6.07, 6.45) is -1.06. The quantitative estimate of drug-likeness (QED) is 0.229. The van der Waals surface area contributed by atoms with Crippen molar-refractivity contribution in [3.63, 3.8) is 0 Å². The van der Waals surface area contributed by atoms with E-state index in [9.17, 15) is 23.1 Å². The Hall–Kier alpha value is -3.18. The minimum absolute atomic E-state index is 0.0876. The summed E-state index contributed by atoms with van der Waals surface area (Å²) in [4.78, 5) is 27.5. The monoisotopic (exact) mass is 662 g/mol. The van der Waals surface area contributed by atoms with Gasteiger partial charge in [0.1, 0.15) is 18.0 Å². The normalized spacial score (nSPS) is 21.2. The number of hydrogen-bond donors (Lipinski definition) is 1. The minimum atomic E-state index is -3.95. The maximum atomic E-state index is 15.2. The van der Waals surface area contributed by atoms with E-state index in [1.54, 1.807) is 53.4 Å². The lowest BCUT2D eigenvalue weighted by Gasteiger charge is -2.49. The highest BCUT2D eigenvalue weighted by atomic mass is 35.5. The number of carboxylic acid groups (broad SMARTS) is 1. The maximum absolute atomic E-state index is 15.2. The summed E-state index contributed by atoms with van der Waals surface area (Å²) < 4.78 is 50.2. The highest BCUT2D eigenvalue weighted by molar-refractivity contribution is 7.93. The number of amides is 1. The first-order valence-corrected chi connectivity index (χ1v) is 16.7. The Kier molecular flexibility index (Phi) is 9.84. The van der Waals surface area contributed by atoms with E-state index in [4.69, 9.17) is 27.9 Å². The molecule has 0 aromatic heterocycles. The smallest absolute Gasteiger partial charge is 0.303 e. The molecule has 3 aromatic rings. The number of carboxylic acids is 1. The lowest BCUT2D eigenvalue weighted by molar-refractivity contribution is -0.180. The zero-order valence-corrected chi connectivity index (χ0v) is 26.3. The Morgan fingerprint density at radius 2 is 1.75 bits per heavy atom. The highest BCUT2D eigenvalue weighted by Crippen LogP contribution is 2.45. The Morgan fingerprint density at radius 1 is 1.05 bits per heavy atom. The maximum Gasteiger partial charge on any atom is 0.303 e. The van der Waals surface area contributed by atoms with Gasteiger partial charge in [-0.3, -0.25) is 13.9 Å². The van der Waals surface area contributed by atoms with Crippen LogP contribution in [0.4, 0.5) is 10.1 Å². The van der Waals surface area contributed by atoms with Gasteiger partial charge in [0.15, 0.2) is 0 Å². The van der Waals surface area contributed by atoms with Gasteiger partial charge in [-0.1, -0.05) is 66.5 Å². The van der Waals surface area contributed by atoms with Crippen LogP contribution in [0.3, 0.4) is 0 Å². The van der Waals surface area contributed by atoms with Crippen molar-refractivity contribution in [3.8, 4) is 0 Å². The number of aliphatic carboxylic acids is 1. The largest absolute Gasteiger partial charge is 0.481 e. The summed E-state index contributed by atoms with van der Waals surface area (Å²) in [5.41, 5.74) is 1.24. The number of halogens is 3. The van der Waals surface area contributed by atoms with Crippen LogP contribution >= 0.6 is 23.2 Å². The molecule has 1 saturated heterocycles. The predicted molar refractivity (Wildman–Crippen MR) is 167 cm³/mol. The first kappa shape index (κ1) is 32.2. The van der Waals surface area contributed by atoms with E-state index in [-0.39, 0.29) is 25.1 Å². The standard InChI is InChI=1S/C32H33Cl2FN2O6S/c1-2-24(19-36(44(41,42)25-14-15-25)27-9-4-3-8-26(27)35)37-30(20-10-12-22(33)13-11-20)31(21-6-5-7-23(34)18-21)43-28(32(37)40)16-17-29(38)39/h3-13,18,24-25,28,30-31H,2,14-17,19H2,1H3,(H,38,39)/t24?,28-,30+,31+/m0/s1. The second-order valence-corrected chi connectivity index (χ2v) is 14.1. The molecular weight excluding hydrogens is 630 g/mol. The molecule has 44 heavy (non-hydrogen) atoms. The van der Waals surface area contributed by atoms with E-state index in [0.717, 1.165) is 4.31 Å². The molecular formula is C32H33Cl2FN2O6S. The van der Waals surface area contributed by atoms with E-state index in [1.165, 1.54) is 18.2 Å². The van der Waals surface area contributed by atoms with Crippen LogP contribution in [-0.4, -0.2) is 54.2 Å². The summed E-state index contributed by atoms with van der Waals surface area (Å²) >= 11 is 12.6. The highest BCUT2D eigenvalue weighted by Gasteiger charge is 2.48.